The third kappa shape index (κ3) is 2.33. The lowest BCUT2D eigenvalue weighted by Crippen LogP contribution is -1.92. The molecule has 1 rings (SSSR count). The molecule has 0 aromatic carbocycles. The van der Waals surface area contributed by atoms with Crippen LogP contribution < -0.4 is 5.82 Å². The van der Waals surface area contributed by atoms with E-state index in [1.165, 1.54) is 6.47 Å². The topological polar surface area (TPSA) is 69.7 Å². The average molecular weight is 183 g/mol. The van der Waals surface area contributed by atoms with Crippen LogP contribution in [0.2, 0.25) is 0 Å². The third-order valence-electron chi connectivity index (χ3n) is 1.32. The fourth-order valence-corrected chi connectivity index (χ4v) is 0.827. The Bertz CT molecular complexity index is 346. The maximum atomic E-state index is 10.6. The van der Waals surface area contributed by atoms with E-state index in [-0.39, 0.29) is 12.4 Å². The van der Waals surface area contributed by atoms with Crippen molar-refractivity contribution in [3.63, 3.8) is 0 Å². The molecule has 5 nitrogen and oxygen atoms in total. The highest BCUT2D eigenvalue weighted by Gasteiger charge is 2.11. The molecule has 0 N–H and O–H groups in total. The van der Waals surface area contributed by atoms with Gasteiger partial charge in [-0.15, -0.1) is 6.58 Å². The summed E-state index contributed by atoms with van der Waals surface area (Å²) in [4.78, 5) is 20.4. The van der Waals surface area contributed by atoms with Crippen molar-refractivity contribution in [3.05, 3.63) is 34.8 Å². The standard InChI is InChI=1S/C8H7O5/c1-2-3-6-7(4-11-5-9)13-8(10)12-6/h2H,1,3-4H2. The van der Waals surface area contributed by atoms with Crippen molar-refractivity contribution in [3.8, 4) is 0 Å². The van der Waals surface area contributed by atoms with Gasteiger partial charge in [-0.25, -0.2) is 9.59 Å². The first-order valence-electron chi connectivity index (χ1n) is 3.49. The van der Waals surface area contributed by atoms with E-state index in [1.807, 2.05) is 0 Å². The summed E-state index contributed by atoms with van der Waals surface area (Å²) in [6, 6.07) is 0. The number of hydrogen-bond donors (Lipinski definition) is 0. The van der Waals surface area contributed by atoms with Gasteiger partial charge in [0.05, 0.1) is 0 Å². The second-order valence-electron chi connectivity index (χ2n) is 2.17. The molecule has 13 heavy (non-hydrogen) atoms. The summed E-state index contributed by atoms with van der Waals surface area (Å²) in [7, 11) is 0. The van der Waals surface area contributed by atoms with Crippen LogP contribution in [0.1, 0.15) is 11.5 Å². The summed E-state index contributed by atoms with van der Waals surface area (Å²) in [5.74, 6) is -0.315. The average Bonchev–Trinajstić information content (AvgIpc) is 2.44. The van der Waals surface area contributed by atoms with Gasteiger partial charge in [-0.1, -0.05) is 6.08 Å². The Kier molecular flexibility index (Phi) is 3.08. The first-order chi connectivity index (χ1) is 6.27. The lowest BCUT2D eigenvalue weighted by atomic mass is 10.3. The molecular weight excluding hydrogens is 176 g/mol. The largest absolute Gasteiger partial charge is 0.519 e. The normalized spacial score (nSPS) is 9.54. The van der Waals surface area contributed by atoms with Crippen LogP contribution in [0.4, 0.5) is 0 Å². The molecular formula is C8H7O5. The van der Waals surface area contributed by atoms with E-state index in [2.05, 4.69) is 20.2 Å². The molecule has 0 bridgehead atoms. The Labute approximate surface area is 73.6 Å². The molecule has 0 saturated carbocycles. The van der Waals surface area contributed by atoms with Gasteiger partial charge in [0.2, 0.25) is 0 Å². The smallest absolute Gasteiger partial charge is 0.449 e. The number of allylic oxidation sites excluding steroid dienone is 1. The molecule has 1 radical (unpaired) electrons. The Balaban J connectivity index is 2.83. The Morgan fingerprint density at radius 3 is 2.77 bits per heavy atom. The van der Waals surface area contributed by atoms with Crippen LogP contribution in [0.15, 0.2) is 26.3 Å². The monoisotopic (exact) mass is 183 g/mol. The highest BCUT2D eigenvalue weighted by molar-refractivity contribution is 5.38. The lowest BCUT2D eigenvalue weighted by molar-refractivity contribution is 0.234. The number of ether oxygens (including phenoxy) is 1. The quantitative estimate of drug-likeness (QED) is 0.623. The van der Waals surface area contributed by atoms with Crippen LogP contribution in [-0.2, 0) is 22.6 Å². The summed E-state index contributed by atoms with van der Waals surface area (Å²) in [6.45, 7) is 4.53. The molecule has 0 spiro atoms. The highest BCUT2D eigenvalue weighted by Crippen LogP contribution is 2.08. The third-order valence-corrected chi connectivity index (χ3v) is 1.32. The van der Waals surface area contributed by atoms with Crippen LogP contribution in [0, 0.1) is 0 Å². The van der Waals surface area contributed by atoms with E-state index in [0.29, 0.717) is 12.2 Å². The van der Waals surface area contributed by atoms with Gasteiger partial charge in [0, 0.05) is 6.42 Å². The molecule has 0 fully saturated rings. The molecule has 0 aliphatic carbocycles. The van der Waals surface area contributed by atoms with E-state index in [0.717, 1.165) is 0 Å². The maximum absolute atomic E-state index is 10.6. The zero-order valence-electron chi connectivity index (χ0n) is 6.74. The van der Waals surface area contributed by atoms with Gasteiger partial charge in [-0.3, -0.25) is 0 Å². The Morgan fingerprint density at radius 2 is 2.15 bits per heavy atom. The Morgan fingerprint density at radius 1 is 1.46 bits per heavy atom. The van der Waals surface area contributed by atoms with Crippen molar-refractivity contribution < 1.29 is 18.4 Å². The van der Waals surface area contributed by atoms with Crippen molar-refractivity contribution in [2.24, 2.45) is 0 Å². The van der Waals surface area contributed by atoms with Crippen LogP contribution in [0.25, 0.3) is 0 Å². The van der Waals surface area contributed by atoms with Crippen molar-refractivity contribution in [1.82, 2.24) is 0 Å². The zero-order chi connectivity index (χ0) is 9.68. The maximum Gasteiger partial charge on any atom is 0.519 e. The van der Waals surface area contributed by atoms with Gasteiger partial charge in [0.15, 0.2) is 18.1 Å². The zero-order valence-corrected chi connectivity index (χ0v) is 6.74. The van der Waals surface area contributed by atoms with Crippen LogP contribution in [0.5, 0.6) is 0 Å². The van der Waals surface area contributed by atoms with Crippen LogP contribution in [0.3, 0.4) is 0 Å². The van der Waals surface area contributed by atoms with E-state index >= 15 is 0 Å². The minimum atomic E-state index is -0.818. The van der Waals surface area contributed by atoms with Crippen LogP contribution >= 0.6 is 0 Å². The first kappa shape index (κ1) is 9.31. The summed E-state index contributed by atoms with van der Waals surface area (Å²) in [5.41, 5.74) is 0. The number of rotatable bonds is 5. The predicted molar refractivity (Wildman–Crippen MR) is 41.6 cm³/mol. The van der Waals surface area contributed by atoms with Gasteiger partial charge >= 0.3 is 12.3 Å². The van der Waals surface area contributed by atoms with Gasteiger partial charge in [0.1, 0.15) is 0 Å². The van der Waals surface area contributed by atoms with E-state index in [9.17, 15) is 9.59 Å². The molecule has 0 unspecified atom stereocenters. The number of hydrogen-bond acceptors (Lipinski definition) is 5. The van der Waals surface area contributed by atoms with Crippen molar-refractivity contribution >= 4 is 6.47 Å². The van der Waals surface area contributed by atoms with Crippen molar-refractivity contribution in [1.29, 1.82) is 0 Å². The van der Waals surface area contributed by atoms with E-state index in [4.69, 9.17) is 0 Å². The minimum absolute atomic E-state index is 0.154. The first-order valence-corrected chi connectivity index (χ1v) is 3.49. The molecule has 0 amide bonds. The van der Waals surface area contributed by atoms with Crippen molar-refractivity contribution in [2.75, 3.05) is 0 Å². The summed E-state index contributed by atoms with van der Waals surface area (Å²) in [6.07, 6.45) is 1.89. The van der Waals surface area contributed by atoms with Gasteiger partial charge in [-0.2, -0.15) is 0 Å². The van der Waals surface area contributed by atoms with Crippen LogP contribution in [-0.4, -0.2) is 6.47 Å². The number of carbonyl (C=O) groups excluding carboxylic acids is 1. The van der Waals surface area contributed by atoms with E-state index in [1.54, 1.807) is 6.08 Å². The van der Waals surface area contributed by atoms with E-state index < -0.39 is 5.82 Å². The highest BCUT2D eigenvalue weighted by atomic mass is 16.6. The van der Waals surface area contributed by atoms with Crippen molar-refractivity contribution in [2.45, 2.75) is 13.0 Å². The fourth-order valence-electron chi connectivity index (χ4n) is 0.827. The molecule has 0 atom stereocenters. The lowest BCUT2D eigenvalue weighted by Gasteiger charge is -1.93. The minimum Gasteiger partial charge on any atom is -0.449 e. The molecule has 1 heterocycles. The summed E-state index contributed by atoms with van der Waals surface area (Å²) >= 11 is 0. The molecule has 69 valence electrons. The fraction of sp³-hybridized carbons (Fsp3) is 0.250. The van der Waals surface area contributed by atoms with Gasteiger partial charge in [-0.05, 0) is 0 Å². The molecule has 1 aromatic heterocycles. The second kappa shape index (κ2) is 4.30. The van der Waals surface area contributed by atoms with Gasteiger partial charge in [0.25, 0.3) is 0 Å². The summed E-state index contributed by atoms with van der Waals surface area (Å²) < 4.78 is 13.5. The molecule has 0 aliphatic rings. The summed E-state index contributed by atoms with van der Waals surface area (Å²) in [5, 5.41) is 0. The molecule has 5 heteroatoms. The predicted octanol–water partition coefficient (Wildman–Crippen LogP) is 0.545. The molecule has 1 aromatic rings. The SMILES string of the molecule is C=CCc1oc(=O)oc1CO[C]=O. The molecule has 0 saturated heterocycles. The van der Waals surface area contributed by atoms with Gasteiger partial charge < -0.3 is 13.6 Å². The molecule has 0 aliphatic heterocycles. The second-order valence-corrected chi connectivity index (χ2v) is 2.17. The Hall–Kier alpha value is -1.78.